The lowest BCUT2D eigenvalue weighted by molar-refractivity contribution is 0.107. The molecule has 1 aromatic rings. The Hall–Kier alpha value is -1.06. The van der Waals surface area contributed by atoms with E-state index in [1.807, 2.05) is 18.2 Å². The van der Waals surface area contributed by atoms with Crippen LogP contribution >= 0.6 is 0 Å². The fourth-order valence-corrected chi connectivity index (χ4v) is 2.05. The Kier molecular flexibility index (Phi) is 3.23. The zero-order chi connectivity index (χ0) is 10.7. The average molecular weight is 206 g/mol. The molecular weight excluding hydrogens is 188 g/mol. The molecular formula is C12H18N2O. The molecule has 2 rings (SSSR count). The molecule has 0 radical (unpaired) electrons. The second kappa shape index (κ2) is 4.64. The molecule has 1 aromatic carbocycles. The van der Waals surface area contributed by atoms with E-state index >= 15 is 0 Å². The van der Waals surface area contributed by atoms with Gasteiger partial charge in [0.15, 0.2) is 0 Å². The third-order valence-electron chi connectivity index (χ3n) is 3.01. The minimum atomic E-state index is 0.398. The number of hydrogen-bond donors (Lipinski definition) is 1. The molecule has 15 heavy (non-hydrogen) atoms. The van der Waals surface area contributed by atoms with Crippen LogP contribution in [0.5, 0.6) is 0 Å². The Labute approximate surface area is 90.8 Å². The lowest BCUT2D eigenvalue weighted by Gasteiger charge is -2.16. The minimum absolute atomic E-state index is 0.398. The highest BCUT2D eigenvalue weighted by atomic mass is 16.5. The van der Waals surface area contributed by atoms with Crippen LogP contribution in [-0.2, 0) is 11.3 Å². The van der Waals surface area contributed by atoms with E-state index in [2.05, 4.69) is 11.0 Å². The molecule has 3 heteroatoms. The topological polar surface area (TPSA) is 38.5 Å². The molecule has 0 aliphatic carbocycles. The first-order chi connectivity index (χ1) is 7.29. The standard InChI is InChI=1S/C12H18N2O/c1-15-11-6-7-14(9-11)8-10-4-2-3-5-12(10)13/h2-5,11H,6-9,13H2,1H3. The van der Waals surface area contributed by atoms with Crippen LogP contribution < -0.4 is 5.73 Å². The van der Waals surface area contributed by atoms with Gasteiger partial charge in [-0.25, -0.2) is 0 Å². The molecule has 0 saturated carbocycles. The number of rotatable bonds is 3. The van der Waals surface area contributed by atoms with Gasteiger partial charge < -0.3 is 10.5 Å². The van der Waals surface area contributed by atoms with E-state index in [1.165, 1.54) is 5.56 Å². The smallest absolute Gasteiger partial charge is 0.0710 e. The van der Waals surface area contributed by atoms with E-state index in [4.69, 9.17) is 10.5 Å². The van der Waals surface area contributed by atoms with Crippen molar-refractivity contribution in [3.05, 3.63) is 29.8 Å². The van der Waals surface area contributed by atoms with Crippen LogP contribution in [0.2, 0.25) is 0 Å². The van der Waals surface area contributed by atoms with Crippen LogP contribution in [0.1, 0.15) is 12.0 Å². The summed E-state index contributed by atoms with van der Waals surface area (Å²) in [6.07, 6.45) is 1.53. The van der Waals surface area contributed by atoms with E-state index in [0.717, 1.165) is 31.7 Å². The number of hydrogen-bond acceptors (Lipinski definition) is 3. The Morgan fingerprint density at radius 1 is 1.47 bits per heavy atom. The van der Waals surface area contributed by atoms with Crippen molar-refractivity contribution in [3.8, 4) is 0 Å². The summed E-state index contributed by atoms with van der Waals surface area (Å²) in [4.78, 5) is 2.39. The van der Waals surface area contributed by atoms with Crippen LogP contribution in [0.15, 0.2) is 24.3 Å². The van der Waals surface area contributed by atoms with Crippen LogP contribution in [0, 0.1) is 0 Å². The van der Waals surface area contributed by atoms with Crippen molar-refractivity contribution in [1.82, 2.24) is 4.90 Å². The molecule has 1 heterocycles. The van der Waals surface area contributed by atoms with Crippen molar-refractivity contribution in [1.29, 1.82) is 0 Å². The first-order valence-electron chi connectivity index (χ1n) is 5.38. The zero-order valence-electron chi connectivity index (χ0n) is 9.15. The number of anilines is 1. The zero-order valence-corrected chi connectivity index (χ0v) is 9.15. The Morgan fingerprint density at radius 2 is 2.27 bits per heavy atom. The maximum Gasteiger partial charge on any atom is 0.0710 e. The molecule has 0 amide bonds. The fourth-order valence-electron chi connectivity index (χ4n) is 2.05. The second-order valence-corrected chi connectivity index (χ2v) is 4.08. The van der Waals surface area contributed by atoms with Gasteiger partial charge in [0.25, 0.3) is 0 Å². The molecule has 0 spiro atoms. The Bertz CT molecular complexity index is 327. The average Bonchev–Trinajstić information content (AvgIpc) is 2.69. The van der Waals surface area contributed by atoms with Gasteiger partial charge in [-0.05, 0) is 18.1 Å². The Morgan fingerprint density at radius 3 is 2.93 bits per heavy atom. The first kappa shape index (κ1) is 10.5. The van der Waals surface area contributed by atoms with E-state index in [9.17, 15) is 0 Å². The highest BCUT2D eigenvalue weighted by molar-refractivity contribution is 5.46. The van der Waals surface area contributed by atoms with Crippen molar-refractivity contribution in [3.63, 3.8) is 0 Å². The van der Waals surface area contributed by atoms with Crippen molar-refractivity contribution in [2.24, 2.45) is 0 Å². The van der Waals surface area contributed by atoms with Gasteiger partial charge in [0.1, 0.15) is 0 Å². The first-order valence-corrected chi connectivity index (χ1v) is 5.38. The molecule has 1 aliphatic rings. The molecule has 1 aliphatic heterocycles. The van der Waals surface area contributed by atoms with Crippen LogP contribution in [0.4, 0.5) is 5.69 Å². The fraction of sp³-hybridized carbons (Fsp3) is 0.500. The summed E-state index contributed by atoms with van der Waals surface area (Å²) in [5.41, 5.74) is 8.01. The lowest BCUT2D eigenvalue weighted by Crippen LogP contribution is -2.22. The highest BCUT2D eigenvalue weighted by Crippen LogP contribution is 2.18. The van der Waals surface area contributed by atoms with Crippen molar-refractivity contribution in [2.45, 2.75) is 19.1 Å². The number of benzene rings is 1. The quantitative estimate of drug-likeness (QED) is 0.761. The molecule has 0 bridgehead atoms. The summed E-state index contributed by atoms with van der Waals surface area (Å²) >= 11 is 0. The van der Waals surface area contributed by atoms with Crippen molar-refractivity contribution < 1.29 is 4.74 Å². The SMILES string of the molecule is COC1CCN(Cc2ccccc2N)C1. The molecule has 0 aromatic heterocycles. The van der Waals surface area contributed by atoms with Crippen LogP contribution in [-0.4, -0.2) is 31.2 Å². The van der Waals surface area contributed by atoms with Gasteiger partial charge in [0.05, 0.1) is 6.10 Å². The normalized spacial score (nSPS) is 22.1. The van der Waals surface area contributed by atoms with Crippen molar-refractivity contribution in [2.75, 3.05) is 25.9 Å². The Balaban J connectivity index is 1.96. The monoisotopic (exact) mass is 206 g/mol. The second-order valence-electron chi connectivity index (χ2n) is 4.08. The van der Waals surface area contributed by atoms with Gasteiger partial charge in [0.2, 0.25) is 0 Å². The minimum Gasteiger partial charge on any atom is -0.398 e. The molecule has 3 nitrogen and oxygen atoms in total. The number of likely N-dealkylation sites (tertiary alicyclic amines) is 1. The predicted molar refractivity (Wildman–Crippen MR) is 61.5 cm³/mol. The summed E-state index contributed by atoms with van der Waals surface area (Å²) in [6, 6.07) is 8.06. The van der Waals surface area contributed by atoms with Crippen molar-refractivity contribution >= 4 is 5.69 Å². The number of para-hydroxylation sites is 1. The maximum absolute atomic E-state index is 5.91. The highest BCUT2D eigenvalue weighted by Gasteiger charge is 2.22. The number of nitrogens with zero attached hydrogens (tertiary/aromatic N) is 1. The molecule has 1 saturated heterocycles. The van der Waals surface area contributed by atoms with Gasteiger partial charge in [-0.2, -0.15) is 0 Å². The molecule has 1 unspecified atom stereocenters. The van der Waals surface area contributed by atoms with Gasteiger partial charge in [-0.1, -0.05) is 18.2 Å². The summed E-state index contributed by atoms with van der Waals surface area (Å²) in [5.74, 6) is 0. The number of ether oxygens (including phenoxy) is 1. The predicted octanol–water partition coefficient (Wildman–Crippen LogP) is 1.49. The largest absolute Gasteiger partial charge is 0.398 e. The summed E-state index contributed by atoms with van der Waals surface area (Å²) in [7, 11) is 1.78. The summed E-state index contributed by atoms with van der Waals surface area (Å²) in [6.45, 7) is 3.06. The third-order valence-corrected chi connectivity index (χ3v) is 3.01. The van der Waals surface area contributed by atoms with Crippen LogP contribution in [0.3, 0.4) is 0 Å². The summed E-state index contributed by atoms with van der Waals surface area (Å²) in [5, 5.41) is 0. The third kappa shape index (κ3) is 2.49. The van der Waals surface area contributed by atoms with E-state index in [1.54, 1.807) is 7.11 Å². The maximum atomic E-state index is 5.91. The van der Waals surface area contributed by atoms with Gasteiger partial charge in [-0.15, -0.1) is 0 Å². The van der Waals surface area contributed by atoms with Gasteiger partial charge >= 0.3 is 0 Å². The van der Waals surface area contributed by atoms with Crippen LogP contribution in [0.25, 0.3) is 0 Å². The molecule has 2 N–H and O–H groups in total. The molecule has 1 atom stereocenters. The van der Waals surface area contributed by atoms with E-state index < -0.39 is 0 Å². The number of methoxy groups -OCH3 is 1. The van der Waals surface area contributed by atoms with Gasteiger partial charge in [0, 0.05) is 32.4 Å². The molecule has 1 fully saturated rings. The summed E-state index contributed by atoms with van der Waals surface area (Å²) < 4.78 is 5.34. The number of nitrogen functional groups attached to an aromatic ring is 1. The van der Waals surface area contributed by atoms with E-state index in [0.29, 0.717) is 6.10 Å². The number of nitrogens with two attached hydrogens (primary N) is 1. The lowest BCUT2D eigenvalue weighted by atomic mass is 10.2. The van der Waals surface area contributed by atoms with E-state index in [-0.39, 0.29) is 0 Å². The molecule has 82 valence electrons. The van der Waals surface area contributed by atoms with Gasteiger partial charge in [-0.3, -0.25) is 4.90 Å².